The number of ether oxygens (including phenoxy) is 1. The number of anilines is 1. The van der Waals surface area contributed by atoms with E-state index < -0.39 is 0 Å². The van der Waals surface area contributed by atoms with Crippen molar-refractivity contribution in [2.24, 2.45) is 0 Å². The van der Waals surface area contributed by atoms with Gasteiger partial charge in [-0.15, -0.1) is 0 Å². The first-order chi connectivity index (χ1) is 7.17. The van der Waals surface area contributed by atoms with Crippen molar-refractivity contribution in [1.82, 2.24) is 9.97 Å². The van der Waals surface area contributed by atoms with Crippen LogP contribution in [0.4, 0.5) is 5.95 Å². The number of aromatic nitrogens is 2. The number of nitrogens with zero attached hydrogens (tertiary/aromatic N) is 3. The Kier molecular flexibility index (Phi) is 4.81. The minimum absolute atomic E-state index is 0.623. The van der Waals surface area contributed by atoms with Gasteiger partial charge in [0.05, 0.1) is 6.61 Å². The zero-order chi connectivity index (χ0) is 11.3. The summed E-state index contributed by atoms with van der Waals surface area (Å²) in [5.74, 6) is 1.35. The van der Waals surface area contributed by atoms with E-state index in [4.69, 9.17) is 4.74 Å². The van der Waals surface area contributed by atoms with Gasteiger partial charge in [0.25, 0.3) is 0 Å². The largest absolute Gasteiger partial charge is 0.478 e. The van der Waals surface area contributed by atoms with Crippen molar-refractivity contribution in [2.75, 3.05) is 30.4 Å². The molecule has 84 valence electrons. The third-order valence-electron chi connectivity index (χ3n) is 1.87. The lowest BCUT2D eigenvalue weighted by Gasteiger charge is -2.16. The molecule has 0 unspecified atom stereocenters. The van der Waals surface area contributed by atoms with Crippen molar-refractivity contribution in [3.63, 3.8) is 0 Å². The second-order valence-corrected chi connectivity index (χ2v) is 3.98. The average molecular weight is 274 g/mol. The number of aryl methyl sites for hydroxylation is 1. The summed E-state index contributed by atoms with van der Waals surface area (Å²) >= 11 is 3.39. The molecule has 0 aliphatic carbocycles. The van der Waals surface area contributed by atoms with Crippen LogP contribution >= 0.6 is 15.9 Å². The summed E-state index contributed by atoms with van der Waals surface area (Å²) in [6, 6.07) is 1.84. The SMILES string of the molecule is CCOc1cc(C)nc(N(C)CCBr)n1. The van der Waals surface area contributed by atoms with E-state index in [1.165, 1.54) is 0 Å². The summed E-state index contributed by atoms with van der Waals surface area (Å²) < 4.78 is 5.37. The van der Waals surface area contributed by atoms with Gasteiger partial charge in [0.2, 0.25) is 11.8 Å². The molecule has 0 spiro atoms. The van der Waals surface area contributed by atoms with Gasteiger partial charge in [-0.1, -0.05) is 15.9 Å². The van der Waals surface area contributed by atoms with Crippen molar-refractivity contribution >= 4 is 21.9 Å². The Bertz CT molecular complexity index is 320. The molecule has 1 rings (SSSR count). The first-order valence-electron chi connectivity index (χ1n) is 4.93. The zero-order valence-corrected chi connectivity index (χ0v) is 10.9. The Morgan fingerprint density at radius 3 is 2.80 bits per heavy atom. The van der Waals surface area contributed by atoms with E-state index in [-0.39, 0.29) is 0 Å². The molecule has 0 N–H and O–H groups in total. The molecule has 0 aliphatic rings. The van der Waals surface area contributed by atoms with Gasteiger partial charge in [0, 0.05) is 30.7 Å². The van der Waals surface area contributed by atoms with Gasteiger partial charge >= 0.3 is 0 Å². The molecule has 1 heterocycles. The molecule has 0 bridgehead atoms. The first kappa shape index (κ1) is 12.2. The second kappa shape index (κ2) is 5.90. The van der Waals surface area contributed by atoms with Crippen LogP contribution in [-0.4, -0.2) is 35.5 Å². The third-order valence-corrected chi connectivity index (χ3v) is 2.23. The van der Waals surface area contributed by atoms with Gasteiger partial charge < -0.3 is 9.64 Å². The van der Waals surface area contributed by atoms with Crippen LogP contribution in [0.2, 0.25) is 0 Å². The van der Waals surface area contributed by atoms with Crippen molar-refractivity contribution in [2.45, 2.75) is 13.8 Å². The molecule has 1 aromatic rings. The van der Waals surface area contributed by atoms with Crippen LogP contribution in [0.25, 0.3) is 0 Å². The molecule has 0 fully saturated rings. The second-order valence-electron chi connectivity index (χ2n) is 3.19. The van der Waals surface area contributed by atoms with E-state index in [0.717, 1.165) is 17.6 Å². The molecule has 4 nitrogen and oxygen atoms in total. The average Bonchev–Trinajstić information content (AvgIpc) is 2.17. The fourth-order valence-electron chi connectivity index (χ4n) is 1.14. The maximum Gasteiger partial charge on any atom is 0.228 e. The summed E-state index contributed by atoms with van der Waals surface area (Å²) in [5.41, 5.74) is 0.921. The van der Waals surface area contributed by atoms with Gasteiger partial charge in [0.15, 0.2) is 0 Å². The maximum atomic E-state index is 5.37. The molecular weight excluding hydrogens is 258 g/mol. The standard InChI is InChI=1S/C10H16BrN3O/c1-4-15-9-7-8(2)12-10(13-9)14(3)6-5-11/h7H,4-6H2,1-3H3. The van der Waals surface area contributed by atoms with Crippen molar-refractivity contribution in [3.05, 3.63) is 11.8 Å². The molecule has 5 heteroatoms. The predicted molar refractivity (Wildman–Crippen MR) is 65.0 cm³/mol. The van der Waals surface area contributed by atoms with E-state index >= 15 is 0 Å². The summed E-state index contributed by atoms with van der Waals surface area (Å²) in [7, 11) is 1.96. The minimum atomic E-state index is 0.623. The van der Waals surface area contributed by atoms with Crippen LogP contribution < -0.4 is 9.64 Å². The lowest BCUT2D eigenvalue weighted by atomic mass is 10.4. The highest BCUT2D eigenvalue weighted by atomic mass is 79.9. The molecule has 15 heavy (non-hydrogen) atoms. The highest BCUT2D eigenvalue weighted by Crippen LogP contribution is 2.14. The van der Waals surface area contributed by atoms with Crippen LogP contribution in [0, 0.1) is 6.92 Å². The molecule has 0 aromatic carbocycles. The molecule has 0 saturated heterocycles. The van der Waals surface area contributed by atoms with Crippen LogP contribution in [0.3, 0.4) is 0 Å². The van der Waals surface area contributed by atoms with Crippen LogP contribution in [0.15, 0.2) is 6.07 Å². The van der Waals surface area contributed by atoms with Gasteiger partial charge in [-0.2, -0.15) is 4.98 Å². The monoisotopic (exact) mass is 273 g/mol. The number of alkyl halides is 1. The van der Waals surface area contributed by atoms with Crippen LogP contribution in [-0.2, 0) is 0 Å². The quantitative estimate of drug-likeness (QED) is 0.770. The Morgan fingerprint density at radius 1 is 1.47 bits per heavy atom. The fraction of sp³-hybridized carbons (Fsp3) is 0.600. The molecule has 0 aliphatic heterocycles. The Balaban J connectivity index is 2.87. The Hall–Kier alpha value is -0.840. The fourth-order valence-corrected chi connectivity index (χ4v) is 1.68. The third kappa shape index (κ3) is 3.66. The summed E-state index contributed by atoms with van der Waals surface area (Å²) in [6.45, 7) is 5.38. The summed E-state index contributed by atoms with van der Waals surface area (Å²) in [4.78, 5) is 10.7. The van der Waals surface area contributed by atoms with Crippen molar-refractivity contribution in [3.8, 4) is 5.88 Å². The molecule has 0 radical (unpaired) electrons. The van der Waals surface area contributed by atoms with E-state index in [2.05, 4.69) is 25.9 Å². The lowest BCUT2D eigenvalue weighted by molar-refractivity contribution is 0.326. The van der Waals surface area contributed by atoms with E-state index in [9.17, 15) is 0 Å². The Labute approximate surface area is 98.8 Å². The molecule has 0 amide bonds. The molecule has 0 atom stereocenters. The highest BCUT2D eigenvalue weighted by Gasteiger charge is 2.06. The van der Waals surface area contributed by atoms with E-state index in [1.54, 1.807) is 0 Å². The van der Waals surface area contributed by atoms with E-state index in [0.29, 0.717) is 18.4 Å². The van der Waals surface area contributed by atoms with Crippen molar-refractivity contribution < 1.29 is 4.74 Å². The molecular formula is C10H16BrN3O. The number of rotatable bonds is 5. The topological polar surface area (TPSA) is 38.2 Å². The maximum absolute atomic E-state index is 5.37. The number of halogens is 1. The summed E-state index contributed by atoms with van der Waals surface area (Å²) in [6.07, 6.45) is 0. The molecule has 1 aromatic heterocycles. The lowest BCUT2D eigenvalue weighted by Crippen LogP contribution is -2.22. The highest BCUT2D eigenvalue weighted by molar-refractivity contribution is 9.09. The molecule has 0 saturated carbocycles. The van der Waals surface area contributed by atoms with Gasteiger partial charge in [0.1, 0.15) is 0 Å². The first-order valence-corrected chi connectivity index (χ1v) is 6.05. The van der Waals surface area contributed by atoms with E-state index in [1.807, 2.05) is 31.9 Å². The number of hydrogen-bond donors (Lipinski definition) is 0. The van der Waals surface area contributed by atoms with Gasteiger partial charge in [-0.25, -0.2) is 4.98 Å². The number of hydrogen-bond acceptors (Lipinski definition) is 4. The smallest absolute Gasteiger partial charge is 0.228 e. The Morgan fingerprint density at radius 2 is 2.20 bits per heavy atom. The zero-order valence-electron chi connectivity index (χ0n) is 9.33. The predicted octanol–water partition coefficient (Wildman–Crippen LogP) is 2.01. The van der Waals surface area contributed by atoms with Crippen LogP contribution in [0.1, 0.15) is 12.6 Å². The van der Waals surface area contributed by atoms with Gasteiger partial charge in [-0.3, -0.25) is 0 Å². The van der Waals surface area contributed by atoms with Gasteiger partial charge in [-0.05, 0) is 13.8 Å². The minimum Gasteiger partial charge on any atom is -0.478 e. The van der Waals surface area contributed by atoms with Crippen molar-refractivity contribution in [1.29, 1.82) is 0 Å². The normalized spacial score (nSPS) is 10.1. The summed E-state index contributed by atoms with van der Waals surface area (Å²) in [5, 5.41) is 0.894. The van der Waals surface area contributed by atoms with Crippen LogP contribution in [0.5, 0.6) is 5.88 Å².